The largest absolute Gasteiger partial charge is 0.482 e. The lowest BCUT2D eigenvalue weighted by atomic mass is 10.0. The predicted molar refractivity (Wildman–Crippen MR) is 122 cm³/mol. The van der Waals surface area contributed by atoms with Crippen molar-refractivity contribution in [3.8, 4) is 5.75 Å². The number of ether oxygens (including phenoxy) is 2. The second-order valence-electron chi connectivity index (χ2n) is 7.10. The Kier molecular flexibility index (Phi) is 9.69. The molecule has 0 aliphatic heterocycles. The van der Waals surface area contributed by atoms with Gasteiger partial charge in [-0.15, -0.1) is 0 Å². The highest BCUT2D eigenvalue weighted by Crippen LogP contribution is 2.13. The van der Waals surface area contributed by atoms with E-state index in [1.54, 1.807) is 55.5 Å². The van der Waals surface area contributed by atoms with Crippen molar-refractivity contribution in [2.75, 3.05) is 13.2 Å². The molecule has 2 amide bonds. The van der Waals surface area contributed by atoms with Gasteiger partial charge in [0.05, 0.1) is 12.8 Å². The molecule has 0 fully saturated rings. The van der Waals surface area contributed by atoms with Crippen molar-refractivity contribution >= 4 is 35.6 Å². The normalized spacial score (nSPS) is 11.8. The van der Waals surface area contributed by atoms with E-state index in [0.717, 1.165) is 0 Å². The van der Waals surface area contributed by atoms with Crippen molar-refractivity contribution < 1.29 is 23.9 Å². The van der Waals surface area contributed by atoms with E-state index in [0.29, 0.717) is 21.9 Å². The summed E-state index contributed by atoms with van der Waals surface area (Å²) < 4.78 is 10.2. The smallest absolute Gasteiger partial charge is 0.344 e. The Morgan fingerprint density at radius 1 is 1.12 bits per heavy atom. The lowest BCUT2D eigenvalue weighted by molar-refractivity contribution is -0.145. The number of amides is 2. The first-order valence-corrected chi connectivity index (χ1v) is 10.5. The maximum absolute atomic E-state index is 12.6. The second-order valence-corrected chi connectivity index (χ2v) is 7.54. The summed E-state index contributed by atoms with van der Waals surface area (Å²) in [5, 5.41) is 7.20. The van der Waals surface area contributed by atoms with Crippen LogP contribution < -0.4 is 15.5 Å². The average molecular weight is 460 g/mol. The van der Waals surface area contributed by atoms with E-state index in [1.807, 2.05) is 13.8 Å². The molecular weight excluding hydrogens is 434 g/mol. The summed E-state index contributed by atoms with van der Waals surface area (Å²) in [6, 6.07) is 12.4. The first-order valence-electron chi connectivity index (χ1n) is 10.1. The zero-order valence-electron chi connectivity index (χ0n) is 18.1. The van der Waals surface area contributed by atoms with Crippen LogP contribution >= 0.6 is 11.6 Å². The van der Waals surface area contributed by atoms with E-state index < -0.39 is 17.9 Å². The molecule has 2 N–H and O–H groups in total. The van der Waals surface area contributed by atoms with Crippen molar-refractivity contribution in [3.63, 3.8) is 0 Å². The molecule has 9 heteroatoms. The molecule has 0 aliphatic carbocycles. The fourth-order valence-electron chi connectivity index (χ4n) is 2.63. The third kappa shape index (κ3) is 8.03. The molecule has 32 heavy (non-hydrogen) atoms. The fraction of sp³-hybridized carbons (Fsp3) is 0.304. The Morgan fingerprint density at radius 2 is 1.84 bits per heavy atom. The summed E-state index contributed by atoms with van der Waals surface area (Å²) in [6.45, 7) is 5.44. The van der Waals surface area contributed by atoms with Crippen LogP contribution in [0.4, 0.5) is 0 Å². The number of carbonyl (C=O) groups is 3. The van der Waals surface area contributed by atoms with E-state index in [-0.39, 0.29) is 25.0 Å². The summed E-state index contributed by atoms with van der Waals surface area (Å²) in [4.78, 5) is 36.4. The highest BCUT2D eigenvalue weighted by molar-refractivity contribution is 6.30. The number of carbonyl (C=O) groups excluding carboxylic acids is 3. The SMILES string of the molecule is CCOC(=O)COc1cccc(C=NNC(=O)C(NC(=O)c2ccc(Cl)cc2)C(C)C)c1. The number of benzene rings is 2. The summed E-state index contributed by atoms with van der Waals surface area (Å²) in [6.07, 6.45) is 1.44. The Bertz CT molecular complexity index is 960. The van der Waals surface area contributed by atoms with Gasteiger partial charge in [0, 0.05) is 10.6 Å². The highest BCUT2D eigenvalue weighted by Gasteiger charge is 2.24. The Labute approximate surface area is 191 Å². The van der Waals surface area contributed by atoms with Crippen molar-refractivity contribution in [1.29, 1.82) is 0 Å². The van der Waals surface area contributed by atoms with Crippen LogP contribution in [0.1, 0.15) is 36.7 Å². The molecule has 2 aromatic rings. The summed E-state index contributed by atoms with van der Waals surface area (Å²) in [7, 11) is 0. The number of nitrogens with one attached hydrogen (secondary N) is 2. The average Bonchev–Trinajstić information content (AvgIpc) is 2.76. The van der Waals surface area contributed by atoms with Crippen LogP contribution in [0.2, 0.25) is 5.02 Å². The molecule has 8 nitrogen and oxygen atoms in total. The number of nitrogens with zero attached hydrogens (tertiary/aromatic N) is 1. The quantitative estimate of drug-likeness (QED) is 0.322. The topological polar surface area (TPSA) is 106 Å². The number of rotatable bonds is 10. The van der Waals surface area contributed by atoms with Gasteiger partial charge >= 0.3 is 5.97 Å². The number of halogens is 1. The van der Waals surface area contributed by atoms with Crippen LogP contribution in [0.15, 0.2) is 53.6 Å². The zero-order valence-corrected chi connectivity index (χ0v) is 18.9. The fourth-order valence-corrected chi connectivity index (χ4v) is 2.76. The van der Waals surface area contributed by atoms with Gasteiger partial charge in [0.1, 0.15) is 11.8 Å². The summed E-state index contributed by atoms with van der Waals surface area (Å²) in [5.41, 5.74) is 3.49. The van der Waals surface area contributed by atoms with Crippen LogP contribution in [-0.2, 0) is 14.3 Å². The van der Waals surface area contributed by atoms with Gasteiger partial charge < -0.3 is 14.8 Å². The molecule has 1 unspecified atom stereocenters. The third-order valence-electron chi connectivity index (χ3n) is 4.25. The lowest BCUT2D eigenvalue weighted by Crippen LogP contribution is -2.48. The van der Waals surface area contributed by atoms with Gasteiger partial charge in [-0.2, -0.15) is 5.10 Å². The van der Waals surface area contributed by atoms with Gasteiger partial charge in [-0.25, -0.2) is 10.2 Å². The van der Waals surface area contributed by atoms with Crippen LogP contribution in [0.25, 0.3) is 0 Å². The molecule has 2 rings (SSSR count). The maximum atomic E-state index is 12.6. The molecule has 1 atom stereocenters. The molecule has 0 spiro atoms. The van der Waals surface area contributed by atoms with Crippen molar-refractivity contribution in [3.05, 3.63) is 64.7 Å². The van der Waals surface area contributed by atoms with E-state index in [9.17, 15) is 14.4 Å². The minimum Gasteiger partial charge on any atom is -0.482 e. The lowest BCUT2D eigenvalue weighted by Gasteiger charge is -2.20. The van der Waals surface area contributed by atoms with Crippen molar-refractivity contribution in [1.82, 2.24) is 10.7 Å². The third-order valence-corrected chi connectivity index (χ3v) is 4.50. The van der Waals surface area contributed by atoms with Gasteiger partial charge in [-0.05, 0) is 54.8 Å². The second kappa shape index (κ2) is 12.5. The van der Waals surface area contributed by atoms with Crippen LogP contribution in [-0.4, -0.2) is 43.3 Å². The molecular formula is C23H26ClN3O5. The molecule has 0 heterocycles. The first-order chi connectivity index (χ1) is 15.3. The predicted octanol–water partition coefficient (Wildman–Crippen LogP) is 3.19. The molecule has 170 valence electrons. The highest BCUT2D eigenvalue weighted by atomic mass is 35.5. The number of hydrogen-bond donors (Lipinski definition) is 2. The van der Waals surface area contributed by atoms with E-state index in [1.165, 1.54) is 6.21 Å². The summed E-state index contributed by atoms with van der Waals surface area (Å²) >= 11 is 5.84. The van der Waals surface area contributed by atoms with Gasteiger partial charge in [-0.1, -0.05) is 37.6 Å². The van der Waals surface area contributed by atoms with Crippen molar-refractivity contribution in [2.24, 2.45) is 11.0 Å². The molecule has 0 radical (unpaired) electrons. The molecule has 0 saturated carbocycles. The number of esters is 1. The van der Waals surface area contributed by atoms with E-state index in [2.05, 4.69) is 15.8 Å². The number of hydrogen-bond acceptors (Lipinski definition) is 6. The molecule has 0 saturated heterocycles. The van der Waals surface area contributed by atoms with Gasteiger partial charge in [-0.3, -0.25) is 9.59 Å². The Hall–Kier alpha value is -3.39. The standard InChI is InChI=1S/C23H26ClN3O5/c1-4-31-20(28)14-32-19-7-5-6-16(12-19)13-25-27-23(30)21(15(2)3)26-22(29)17-8-10-18(24)11-9-17/h5-13,15,21H,4,14H2,1-3H3,(H,26,29)(H,27,30). The van der Waals surface area contributed by atoms with Crippen molar-refractivity contribution in [2.45, 2.75) is 26.8 Å². The monoisotopic (exact) mass is 459 g/mol. The minimum absolute atomic E-state index is 0.166. The molecule has 0 aromatic heterocycles. The summed E-state index contributed by atoms with van der Waals surface area (Å²) in [5.74, 6) is -0.997. The van der Waals surface area contributed by atoms with E-state index >= 15 is 0 Å². The Balaban J connectivity index is 1.95. The van der Waals surface area contributed by atoms with Gasteiger partial charge in [0.15, 0.2) is 6.61 Å². The van der Waals surface area contributed by atoms with Gasteiger partial charge in [0.25, 0.3) is 11.8 Å². The molecule has 2 aromatic carbocycles. The zero-order chi connectivity index (χ0) is 23.5. The number of hydrazone groups is 1. The van der Waals surface area contributed by atoms with Crippen LogP contribution in [0.5, 0.6) is 5.75 Å². The maximum Gasteiger partial charge on any atom is 0.344 e. The van der Waals surface area contributed by atoms with Gasteiger partial charge in [0.2, 0.25) is 0 Å². The molecule has 0 bridgehead atoms. The molecule has 0 aliphatic rings. The van der Waals surface area contributed by atoms with Crippen LogP contribution in [0.3, 0.4) is 0 Å². The van der Waals surface area contributed by atoms with E-state index in [4.69, 9.17) is 21.1 Å². The first kappa shape index (κ1) is 24.9. The minimum atomic E-state index is -0.783. The Morgan fingerprint density at radius 3 is 2.50 bits per heavy atom. The van der Waals surface area contributed by atoms with Crippen LogP contribution in [0, 0.1) is 5.92 Å².